The van der Waals surface area contributed by atoms with Crippen LogP contribution in [-0.2, 0) is 0 Å². The van der Waals surface area contributed by atoms with E-state index in [-0.39, 0.29) is 0 Å². The van der Waals surface area contributed by atoms with Crippen molar-refractivity contribution in [3.05, 3.63) is 78.9 Å². The van der Waals surface area contributed by atoms with Crippen LogP contribution in [0.4, 0.5) is 5.69 Å². The Morgan fingerprint density at radius 2 is 1.00 bits per heavy atom. The van der Waals surface area contributed by atoms with Crippen molar-refractivity contribution in [2.75, 3.05) is 12.4 Å². The highest BCUT2D eigenvalue weighted by Crippen LogP contribution is 2.36. The minimum atomic E-state index is 1.17. The third kappa shape index (κ3) is 2.30. The van der Waals surface area contributed by atoms with Crippen LogP contribution in [0.1, 0.15) is 0 Å². The standard InChI is InChI=1S/C19H17N/c1-20-19-17(15-9-4-2-5-10-15)13-8-14-18(19)16-11-6-3-7-12-16/h2-14,20H,1H3. The van der Waals surface area contributed by atoms with E-state index in [0.29, 0.717) is 0 Å². The van der Waals surface area contributed by atoms with Crippen molar-refractivity contribution in [2.45, 2.75) is 0 Å². The summed E-state index contributed by atoms with van der Waals surface area (Å²) in [7, 11) is 1.98. The summed E-state index contributed by atoms with van der Waals surface area (Å²) < 4.78 is 0. The lowest BCUT2D eigenvalue weighted by Crippen LogP contribution is -1.95. The first-order valence-corrected chi connectivity index (χ1v) is 6.82. The molecule has 0 aliphatic heterocycles. The number of hydrogen-bond acceptors (Lipinski definition) is 1. The Morgan fingerprint density at radius 1 is 0.550 bits per heavy atom. The summed E-state index contributed by atoms with van der Waals surface area (Å²) >= 11 is 0. The van der Waals surface area contributed by atoms with Crippen molar-refractivity contribution in [1.82, 2.24) is 0 Å². The van der Waals surface area contributed by atoms with E-state index in [1.165, 1.54) is 27.9 Å². The van der Waals surface area contributed by atoms with Crippen LogP contribution in [0, 0.1) is 0 Å². The van der Waals surface area contributed by atoms with Crippen LogP contribution in [0.25, 0.3) is 22.3 Å². The fourth-order valence-electron chi connectivity index (χ4n) is 2.54. The molecular weight excluding hydrogens is 242 g/mol. The van der Waals surface area contributed by atoms with Gasteiger partial charge in [-0.3, -0.25) is 0 Å². The highest BCUT2D eigenvalue weighted by Gasteiger charge is 2.09. The number of rotatable bonds is 3. The van der Waals surface area contributed by atoms with Gasteiger partial charge in [0.15, 0.2) is 0 Å². The van der Waals surface area contributed by atoms with Gasteiger partial charge in [-0.2, -0.15) is 0 Å². The first-order chi connectivity index (χ1) is 9.90. The minimum absolute atomic E-state index is 1.17. The SMILES string of the molecule is CNc1c(-c2ccccc2)cccc1-c1ccccc1. The number of hydrogen-bond donors (Lipinski definition) is 1. The van der Waals surface area contributed by atoms with E-state index in [1.54, 1.807) is 0 Å². The van der Waals surface area contributed by atoms with E-state index in [9.17, 15) is 0 Å². The Morgan fingerprint density at radius 3 is 1.40 bits per heavy atom. The Hall–Kier alpha value is -2.54. The zero-order valence-electron chi connectivity index (χ0n) is 11.5. The van der Waals surface area contributed by atoms with Gasteiger partial charge in [0, 0.05) is 23.9 Å². The normalized spacial score (nSPS) is 10.2. The number of benzene rings is 3. The lowest BCUT2D eigenvalue weighted by Gasteiger charge is -2.15. The second-order valence-electron chi connectivity index (χ2n) is 4.71. The molecule has 0 aliphatic carbocycles. The molecule has 1 heteroatoms. The molecule has 0 atom stereocenters. The molecule has 0 amide bonds. The van der Waals surface area contributed by atoms with Crippen LogP contribution in [0.5, 0.6) is 0 Å². The van der Waals surface area contributed by atoms with Crippen molar-refractivity contribution >= 4 is 5.69 Å². The molecule has 1 nitrogen and oxygen atoms in total. The van der Waals surface area contributed by atoms with Crippen molar-refractivity contribution in [3.63, 3.8) is 0 Å². The summed E-state index contributed by atoms with van der Waals surface area (Å²) in [5.41, 5.74) is 6.10. The molecule has 0 fully saturated rings. The molecule has 0 spiro atoms. The second kappa shape index (κ2) is 5.62. The van der Waals surface area contributed by atoms with Gasteiger partial charge in [-0.05, 0) is 11.1 Å². The molecule has 1 N–H and O–H groups in total. The van der Waals surface area contributed by atoms with Crippen LogP contribution >= 0.6 is 0 Å². The molecule has 3 aromatic carbocycles. The quantitative estimate of drug-likeness (QED) is 0.693. The monoisotopic (exact) mass is 259 g/mol. The summed E-state index contributed by atoms with van der Waals surface area (Å²) in [6.07, 6.45) is 0. The Bertz CT molecular complexity index is 630. The average molecular weight is 259 g/mol. The highest BCUT2D eigenvalue weighted by atomic mass is 14.8. The van der Waals surface area contributed by atoms with Gasteiger partial charge in [-0.1, -0.05) is 78.9 Å². The Balaban J connectivity index is 2.19. The third-order valence-electron chi connectivity index (χ3n) is 3.48. The largest absolute Gasteiger partial charge is 0.387 e. The van der Waals surface area contributed by atoms with Crippen molar-refractivity contribution < 1.29 is 0 Å². The molecule has 0 heterocycles. The van der Waals surface area contributed by atoms with Crippen LogP contribution in [0.3, 0.4) is 0 Å². The summed E-state index contributed by atoms with van der Waals surface area (Å²) in [5, 5.41) is 3.36. The van der Waals surface area contributed by atoms with E-state index >= 15 is 0 Å². The number of para-hydroxylation sites is 1. The zero-order valence-corrected chi connectivity index (χ0v) is 11.5. The molecule has 0 saturated heterocycles. The van der Waals surface area contributed by atoms with Gasteiger partial charge in [0.2, 0.25) is 0 Å². The molecule has 0 aliphatic rings. The topological polar surface area (TPSA) is 12.0 Å². The van der Waals surface area contributed by atoms with Gasteiger partial charge in [0.25, 0.3) is 0 Å². The maximum atomic E-state index is 3.36. The molecule has 98 valence electrons. The number of nitrogens with one attached hydrogen (secondary N) is 1. The summed E-state index contributed by atoms with van der Waals surface area (Å²) in [4.78, 5) is 0. The first-order valence-electron chi connectivity index (χ1n) is 6.82. The second-order valence-corrected chi connectivity index (χ2v) is 4.71. The molecule has 3 rings (SSSR count). The predicted molar refractivity (Wildman–Crippen MR) is 86.9 cm³/mol. The van der Waals surface area contributed by atoms with Gasteiger partial charge in [-0.15, -0.1) is 0 Å². The lowest BCUT2D eigenvalue weighted by atomic mass is 9.96. The Labute approximate surface area is 119 Å². The van der Waals surface area contributed by atoms with Crippen molar-refractivity contribution in [2.24, 2.45) is 0 Å². The average Bonchev–Trinajstić information content (AvgIpc) is 2.55. The van der Waals surface area contributed by atoms with E-state index in [1.807, 2.05) is 19.2 Å². The highest BCUT2D eigenvalue weighted by molar-refractivity contribution is 5.90. The molecular formula is C19H17N. The number of anilines is 1. The minimum Gasteiger partial charge on any atom is -0.387 e. The van der Waals surface area contributed by atoms with Crippen LogP contribution in [0.2, 0.25) is 0 Å². The van der Waals surface area contributed by atoms with E-state index in [4.69, 9.17) is 0 Å². The van der Waals surface area contributed by atoms with Gasteiger partial charge in [-0.25, -0.2) is 0 Å². The van der Waals surface area contributed by atoms with Crippen LogP contribution in [-0.4, -0.2) is 7.05 Å². The molecule has 0 aromatic heterocycles. The van der Waals surface area contributed by atoms with E-state index < -0.39 is 0 Å². The van der Waals surface area contributed by atoms with Crippen LogP contribution in [0.15, 0.2) is 78.9 Å². The van der Waals surface area contributed by atoms with Crippen molar-refractivity contribution in [1.29, 1.82) is 0 Å². The molecule has 0 radical (unpaired) electrons. The van der Waals surface area contributed by atoms with Gasteiger partial charge >= 0.3 is 0 Å². The van der Waals surface area contributed by atoms with Gasteiger partial charge in [0.05, 0.1) is 0 Å². The van der Waals surface area contributed by atoms with Crippen LogP contribution < -0.4 is 5.32 Å². The van der Waals surface area contributed by atoms with Gasteiger partial charge in [0.1, 0.15) is 0 Å². The molecule has 0 bridgehead atoms. The van der Waals surface area contributed by atoms with Crippen molar-refractivity contribution in [3.8, 4) is 22.3 Å². The smallest absolute Gasteiger partial charge is 0.0496 e. The predicted octanol–water partition coefficient (Wildman–Crippen LogP) is 5.06. The summed E-state index contributed by atoms with van der Waals surface area (Å²) in [5.74, 6) is 0. The first kappa shape index (κ1) is 12.5. The molecule has 0 unspecified atom stereocenters. The lowest BCUT2D eigenvalue weighted by molar-refractivity contribution is 1.49. The maximum absolute atomic E-state index is 3.36. The summed E-state index contributed by atoms with van der Waals surface area (Å²) in [6, 6.07) is 27.4. The fraction of sp³-hybridized carbons (Fsp3) is 0.0526. The molecule has 0 saturated carbocycles. The zero-order chi connectivity index (χ0) is 13.8. The van der Waals surface area contributed by atoms with Gasteiger partial charge < -0.3 is 5.32 Å². The maximum Gasteiger partial charge on any atom is 0.0496 e. The Kier molecular flexibility index (Phi) is 3.51. The molecule has 20 heavy (non-hydrogen) atoms. The summed E-state index contributed by atoms with van der Waals surface area (Å²) in [6.45, 7) is 0. The molecule has 3 aromatic rings. The third-order valence-corrected chi connectivity index (χ3v) is 3.48. The van der Waals surface area contributed by atoms with E-state index in [2.05, 4.69) is 72.0 Å². The van der Waals surface area contributed by atoms with E-state index in [0.717, 1.165) is 0 Å². The fourth-order valence-corrected chi connectivity index (χ4v) is 2.54.